The Kier molecular flexibility index (Phi) is 19.1. The fourth-order valence-electron chi connectivity index (χ4n) is 3.85. The maximum atomic E-state index is 12.6. The zero-order chi connectivity index (χ0) is 20.3. The van der Waals surface area contributed by atoms with Crippen LogP contribution in [0.5, 0.6) is 0 Å². The van der Waals surface area contributed by atoms with Gasteiger partial charge in [-0.05, 0) is 43.0 Å². The molecule has 4 N–H and O–H groups in total. The van der Waals surface area contributed by atoms with Crippen molar-refractivity contribution >= 4 is 53.1 Å². The molecule has 2 aromatic rings. The van der Waals surface area contributed by atoms with Crippen molar-refractivity contribution in [2.24, 2.45) is 0 Å². The van der Waals surface area contributed by atoms with Crippen LogP contribution in [0.4, 0.5) is 11.5 Å². The molecule has 1 heterocycles. The number of anilines is 2. The highest BCUT2D eigenvalue weighted by Crippen LogP contribution is 2.28. The summed E-state index contributed by atoms with van der Waals surface area (Å²) < 4.78 is 0. The van der Waals surface area contributed by atoms with Gasteiger partial charge in [0.05, 0.1) is 17.8 Å². The Bertz CT molecular complexity index is 784. The lowest BCUT2D eigenvalue weighted by molar-refractivity contribution is -0.116. The Hall–Kier alpha value is -1.60. The Labute approximate surface area is 212 Å². The molecule has 1 aromatic carbocycles. The number of amides is 1. The molecule has 6 nitrogen and oxygen atoms in total. The molecule has 1 fully saturated rings. The predicted octanol–water partition coefficient (Wildman–Crippen LogP) is 5.99. The summed E-state index contributed by atoms with van der Waals surface area (Å²) in [4.78, 5) is 17.3. The number of rotatable bonds is 9. The lowest BCUT2D eigenvalue weighted by atomic mass is 9.89. The van der Waals surface area contributed by atoms with Gasteiger partial charge in [0.15, 0.2) is 0 Å². The van der Waals surface area contributed by atoms with Crippen LogP contribution in [-0.2, 0) is 4.79 Å². The van der Waals surface area contributed by atoms with Gasteiger partial charge in [-0.2, -0.15) is 0 Å². The van der Waals surface area contributed by atoms with Crippen LogP contribution in [0, 0.1) is 5.92 Å². The van der Waals surface area contributed by atoms with Gasteiger partial charge in [0.2, 0.25) is 5.91 Å². The minimum atomic E-state index is 0. The molecule has 1 aliphatic carbocycles. The van der Waals surface area contributed by atoms with Crippen molar-refractivity contribution in [2.45, 2.75) is 66.2 Å². The Morgan fingerprint density at radius 2 is 1.61 bits per heavy atom. The van der Waals surface area contributed by atoms with Crippen LogP contribution in [0.25, 0.3) is 10.9 Å². The molecule has 189 valence electrons. The highest BCUT2D eigenvalue weighted by atomic mass is 35.5. The molecule has 1 aliphatic rings. The number of fused-ring (bicyclic) bond motifs is 1. The van der Waals surface area contributed by atoms with Gasteiger partial charge in [-0.15, -0.1) is 24.8 Å². The molecular formula is C25H43Cl2N4O2. The number of nitrogens with zero attached hydrogens (tertiary/aromatic N) is 1. The molecule has 3 rings (SSSR count). The Morgan fingerprint density at radius 3 is 2.30 bits per heavy atom. The third-order valence-electron chi connectivity index (χ3n) is 5.37. The summed E-state index contributed by atoms with van der Waals surface area (Å²) in [6.45, 7) is 2.22. The van der Waals surface area contributed by atoms with Crippen LogP contribution in [0.1, 0.15) is 66.2 Å². The third kappa shape index (κ3) is 11.4. The lowest BCUT2D eigenvalue weighted by Crippen LogP contribution is -2.25. The highest BCUT2D eigenvalue weighted by molar-refractivity contribution is 6.01. The molecule has 1 saturated carbocycles. The van der Waals surface area contributed by atoms with Crippen molar-refractivity contribution in [1.29, 1.82) is 0 Å². The molecular weight excluding hydrogens is 459 g/mol. The normalized spacial score (nSPS) is 13.7. The van der Waals surface area contributed by atoms with E-state index >= 15 is 0 Å². The van der Waals surface area contributed by atoms with Gasteiger partial charge in [0.25, 0.3) is 0 Å². The molecule has 33 heavy (non-hydrogen) atoms. The van der Waals surface area contributed by atoms with Crippen LogP contribution in [0.15, 0.2) is 30.3 Å². The number of nitrogens with one attached hydrogen (secondary N) is 3. The molecule has 1 amide bonds. The first-order valence-electron chi connectivity index (χ1n) is 10.8. The predicted molar refractivity (Wildman–Crippen MR) is 147 cm³/mol. The number of carbonyl (C=O) groups is 1. The van der Waals surface area contributed by atoms with Gasteiger partial charge in [0, 0.05) is 31.4 Å². The molecule has 0 bridgehead atoms. The van der Waals surface area contributed by atoms with Crippen molar-refractivity contribution in [3.63, 3.8) is 0 Å². The van der Waals surface area contributed by atoms with E-state index in [1.165, 1.54) is 38.0 Å². The fraction of sp³-hybridized carbons (Fsp3) is 0.560. The summed E-state index contributed by atoms with van der Waals surface area (Å²) in [5.41, 5.74) is 1.68. The number of carbonyl (C=O) groups excluding carboxylic acids is 1. The minimum absolute atomic E-state index is 0. The van der Waals surface area contributed by atoms with Gasteiger partial charge >= 0.3 is 0 Å². The summed E-state index contributed by atoms with van der Waals surface area (Å²) in [6.07, 6.45) is 9.04. The van der Waals surface area contributed by atoms with Gasteiger partial charge in [-0.1, -0.05) is 53.0 Å². The van der Waals surface area contributed by atoms with Gasteiger partial charge in [-0.25, -0.2) is 4.98 Å². The summed E-state index contributed by atoms with van der Waals surface area (Å²) in [7, 11) is 0. The Balaban J connectivity index is 0. The van der Waals surface area contributed by atoms with Crippen LogP contribution in [-0.4, -0.2) is 42.2 Å². The second-order valence-electron chi connectivity index (χ2n) is 7.71. The second kappa shape index (κ2) is 18.8. The number of pyridine rings is 1. The average molecular weight is 503 g/mol. The van der Waals surface area contributed by atoms with Crippen LogP contribution in [0.2, 0.25) is 0 Å². The number of aliphatic hydroxyl groups excluding tert-OH is 1. The lowest BCUT2D eigenvalue weighted by Gasteiger charge is -2.19. The summed E-state index contributed by atoms with van der Waals surface area (Å²) in [5.74, 6) is 2.27. The van der Waals surface area contributed by atoms with Crippen molar-refractivity contribution in [3.8, 4) is 0 Å². The molecule has 1 radical (unpaired) electrons. The first-order valence-corrected chi connectivity index (χ1v) is 10.8. The van der Waals surface area contributed by atoms with E-state index in [-0.39, 0.29) is 52.2 Å². The van der Waals surface area contributed by atoms with Gasteiger partial charge in [-0.3, -0.25) is 4.79 Å². The largest absolute Gasteiger partial charge is 0.395 e. The first kappa shape index (κ1) is 33.6. The van der Waals surface area contributed by atoms with Crippen molar-refractivity contribution in [3.05, 3.63) is 36.2 Å². The van der Waals surface area contributed by atoms with Crippen LogP contribution < -0.4 is 16.0 Å². The molecule has 0 aliphatic heterocycles. The van der Waals surface area contributed by atoms with Crippen molar-refractivity contribution in [2.75, 3.05) is 36.9 Å². The topological polar surface area (TPSA) is 86.3 Å². The summed E-state index contributed by atoms with van der Waals surface area (Å²) in [6, 6.07) is 9.78. The summed E-state index contributed by atoms with van der Waals surface area (Å²) >= 11 is 0. The molecule has 0 atom stereocenters. The molecule has 1 aromatic heterocycles. The van der Waals surface area contributed by atoms with Crippen molar-refractivity contribution < 1.29 is 9.90 Å². The van der Waals surface area contributed by atoms with E-state index in [1.807, 2.05) is 30.3 Å². The average Bonchev–Trinajstić information content (AvgIpc) is 2.70. The van der Waals surface area contributed by atoms with E-state index in [2.05, 4.69) is 20.9 Å². The third-order valence-corrected chi connectivity index (χ3v) is 5.37. The number of benzene rings is 1. The maximum Gasteiger partial charge on any atom is 0.224 e. The number of aromatic nitrogens is 1. The van der Waals surface area contributed by atoms with Gasteiger partial charge < -0.3 is 21.1 Å². The number of hydrogen-bond donors (Lipinski definition) is 4. The van der Waals surface area contributed by atoms with E-state index in [4.69, 9.17) is 5.11 Å². The SMILES string of the molecule is C.C.Cl.Cl.O=C(C[C]1CCCCCCC1)Nc1cccc2nc(NCCNCCO)ccc12. The minimum Gasteiger partial charge on any atom is -0.395 e. The zero-order valence-corrected chi connectivity index (χ0v) is 19.6. The highest BCUT2D eigenvalue weighted by Gasteiger charge is 2.16. The second-order valence-corrected chi connectivity index (χ2v) is 7.71. The van der Waals surface area contributed by atoms with E-state index in [0.29, 0.717) is 13.0 Å². The van der Waals surface area contributed by atoms with E-state index in [0.717, 1.165) is 48.3 Å². The number of aliphatic hydroxyl groups is 1. The van der Waals surface area contributed by atoms with Gasteiger partial charge in [0.1, 0.15) is 5.82 Å². The molecule has 8 heteroatoms. The number of hydrogen-bond acceptors (Lipinski definition) is 5. The summed E-state index contributed by atoms with van der Waals surface area (Å²) in [5, 5.41) is 19.2. The molecule has 0 saturated heterocycles. The molecule has 0 spiro atoms. The van der Waals surface area contributed by atoms with Crippen molar-refractivity contribution in [1.82, 2.24) is 10.3 Å². The molecule has 0 unspecified atom stereocenters. The smallest absolute Gasteiger partial charge is 0.224 e. The number of halogens is 2. The van der Waals surface area contributed by atoms with E-state index in [9.17, 15) is 4.79 Å². The first-order chi connectivity index (χ1) is 14.3. The fourth-order valence-corrected chi connectivity index (χ4v) is 3.85. The van der Waals surface area contributed by atoms with Crippen LogP contribution >= 0.6 is 24.8 Å². The van der Waals surface area contributed by atoms with E-state index in [1.54, 1.807) is 0 Å². The zero-order valence-electron chi connectivity index (χ0n) is 18.0. The standard InChI is InChI=1S/C23H33N4O2.2CH4.2ClH/c28-16-15-24-13-14-25-22-12-11-19-20(26-22)9-6-10-21(19)27-23(29)17-18-7-4-2-1-3-5-8-18;;;;/h6,9-12,24,28H,1-5,7-8,13-17H2,(H,25,26)(H,27,29);2*1H4;2*1H. The quantitative estimate of drug-likeness (QED) is 0.317. The maximum absolute atomic E-state index is 12.6. The Morgan fingerprint density at radius 1 is 0.909 bits per heavy atom. The monoisotopic (exact) mass is 501 g/mol. The van der Waals surface area contributed by atoms with Crippen LogP contribution in [0.3, 0.4) is 0 Å². The van der Waals surface area contributed by atoms with E-state index < -0.39 is 0 Å².